The van der Waals surface area contributed by atoms with Crippen LogP contribution >= 0.6 is 0 Å². The second-order valence-corrected chi connectivity index (χ2v) is 5.66. The number of benzene rings is 1. The summed E-state index contributed by atoms with van der Waals surface area (Å²) in [6.45, 7) is 9.49. The van der Waals surface area contributed by atoms with Crippen LogP contribution in [0.1, 0.15) is 51.2 Å². The Morgan fingerprint density at radius 2 is 2.05 bits per heavy atom. The van der Waals surface area contributed by atoms with Crippen LogP contribution < -0.4 is 10.1 Å². The fraction of sp³-hybridized carbons (Fsp3) is 0.588. The SMILES string of the molecule is CCCNCc1ccc(OC(C)(CCC)C(=O)O)c(C)c1. The molecular formula is C17H27NO3. The molecule has 0 aliphatic carbocycles. The number of rotatable bonds is 9. The van der Waals surface area contributed by atoms with Crippen LogP contribution in [0.25, 0.3) is 0 Å². The number of carbonyl (C=O) groups is 1. The van der Waals surface area contributed by atoms with Gasteiger partial charge in [0.1, 0.15) is 5.75 Å². The second-order valence-electron chi connectivity index (χ2n) is 5.66. The Bertz CT molecular complexity index is 473. The van der Waals surface area contributed by atoms with Crippen molar-refractivity contribution in [2.24, 2.45) is 0 Å². The Morgan fingerprint density at radius 3 is 2.57 bits per heavy atom. The minimum absolute atomic E-state index is 0.488. The van der Waals surface area contributed by atoms with Gasteiger partial charge in [0.05, 0.1) is 0 Å². The lowest BCUT2D eigenvalue weighted by Gasteiger charge is -2.27. The summed E-state index contributed by atoms with van der Waals surface area (Å²) in [5.41, 5.74) is 0.983. The summed E-state index contributed by atoms with van der Waals surface area (Å²) in [4.78, 5) is 11.4. The Labute approximate surface area is 127 Å². The third-order valence-corrected chi connectivity index (χ3v) is 3.51. The standard InChI is InChI=1S/C17H27NO3/c1-5-9-17(4,16(19)20)21-15-8-7-14(11-13(15)3)12-18-10-6-2/h7-8,11,18H,5-6,9-10,12H2,1-4H3,(H,19,20). The smallest absolute Gasteiger partial charge is 0.347 e. The molecule has 1 rings (SSSR count). The van der Waals surface area contributed by atoms with Gasteiger partial charge in [0.15, 0.2) is 0 Å². The van der Waals surface area contributed by atoms with Crippen molar-refractivity contribution in [3.63, 3.8) is 0 Å². The summed E-state index contributed by atoms with van der Waals surface area (Å²) in [7, 11) is 0. The number of nitrogens with one attached hydrogen (secondary N) is 1. The van der Waals surface area contributed by atoms with Gasteiger partial charge in [-0.2, -0.15) is 0 Å². The molecule has 0 heterocycles. The zero-order valence-electron chi connectivity index (χ0n) is 13.5. The van der Waals surface area contributed by atoms with E-state index >= 15 is 0 Å². The van der Waals surface area contributed by atoms with Crippen LogP contribution in [0.3, 0.4) is 0 Å². The molecule has 0 saturated heterocycles. The summed E-state index contributed by atoms with van der Waals surface area (Å²) in [6, 6.07) is 5.90. The quantitative estimate of drug-likeness (QED) is 0.684. The van der Waals surface area contributed by atoms with Crippen molar-refractivity contribution in [3.05, 3.63) is 29.3 Å². The van der Waals surface area contributed by atoms with E-state index in [1.54, 1.807) is 6.92 Å². The van der Waals surface area contributed by atoms with Gasteiger partial charge < -0.3 is 15.2 Å². The van der Waals surface area contributed by atoms with Crippen molar-refractivity contribution in [2.75, 3.05) is 6.54 Å². The summed E-state index contributed by atoms with van der Waals surface area (Å²) < 4.78 is 5.80. The maximum atomic E-state index is 11.4. The normalized spacial score (nSPS) is 13.7. The van der Waals surface area contributed by atoms with Crippen LogP contribution in [-0.2, 0) is 11.3 Å². The van der Waals surface area contributed by atoms with Crippen LogP contribution in [0, 0.1) is 6.92 Å². The monoisotopic (exact) mass is 293 g/mol. The van der Waals surface area contributed by atoms with Crippen LogP contribution in [0.4, 0.5) is 0 Å². The molecule has 0 saturated carbocycles. The highest BCUT2D eigenvalue weighted by molar-refractivity contribution is 5.77. The molecule has 0 aromatic heterocycles. The average molecular weight is 293 g/mol. The minimum Gasteiger partial charge on any atom is -0.478 e. The molecule has 0 bridgehead atoms. The molecule has 0 spiro atoms. The van der Waals surface area contributed by atoms with Gasteiger partial charge in [-0.25, -0.2) is 4.79 Å². The number of carboxylic acids is 1. The highest BCUT2D eigenvalue weighted by Gasteiger charge is 2.34. The number of aliphatic carboxylic acids is 1. The molecule has 1 aromatic rings. The maximum Gasteiger partial charge on any atom is 0.347 e. The number of hydrogen-bond acceptors (Lipinski definition) is 3. The van der Waals surface area contributed by atoms with Gasteiger partial charge in [-0.3, -0.25) is 0 Å². The molecule has 0 aliphatic rings. The molecule has 2 N–H and O–H groups in total. The third kappa shape index (κ3) is 5.05. The Morgan fingerprint density at radius 1 is 1.33 bits per heavy atom. The molecule has 1 aromatic carbocycles. The summed E-state index contributed by atoms with van der Waals surface area (Å²) in [5, 5.41) is 12.7. The number of hydrogen-bond donors (Lipinski definition) is 2. The van der Waals surface area contributed by atoms with Gasteiger partial charge in [0.25, 0.3) is 0 Å². The zero-order chi connectivity index (χ0) is 15.9. The van der Waals surface area contributed by atoms with Crippen LogP contribution in [0.5, 0.6) is 5.75 Å². The summed E-state index contributed by atoms with van der Waals surface area (Å²) in [6.07, 6.45) is 2.36. The predicted molar refractivity (Wildman–Crippen MR) is 84.8 cm³/mol. The van der Waals surface area contributed by atoms with Gasteiger partial charge in [-0.1, -0.05) is 32.4 Å². The molecule has 0 amide bonds. The van der Waals surface area contributed by atoms with Gasteiger partial charge >= 0.3 is 5.97 Å². The molecule has 4 nitrogen and oxygen atoms in total. The molecule has 4 heteroatoms. The molecule has 0 radical (unpaired) electrons. The lowest BCUT2D eigenvalue weighted by Crippen LogP contribution is -2.41. The van der Waals surface area contributed by atoms with Crippen molar-refractivity contribution in [3.8, 4) is 5.75 Å². The third-order valence-electron chi connectivity index (χ3n) is 3.51. The first kappa shape index (κ1) is 17.5. The topological polar surface area (TPSA) is 58.6 Å². The fourth-order valence-corrected chi connectivity index (χ4v) is 2.27. The first-order valence-electron chi connectivity index (χ1n) is 7.65. The van der Waals surface area contributed by atoms with Crippen LogP contribution in [-0.4, -0.2) is 23.2 Å². The second kappa shape index (κ2) is 8.03. The molecule has 1 atom stereocenters. The van der Waals surface area contributed by atoms with E-state index < -0.39 is 11.6 Å². The first-order chi connectivity index (χ1) is 9.92. The fourth-order valence-electron chi connectivity index (χ4n) is 2.27. The van der Waals surface area contributed by atoms with E-state index in [0.29, 0.717) is 12.2 Å². The zero-order valence-corrected chi connectivity index (χ0v) is 13.5. The first-order valence-corrected chi connectivity index (χ1v) is 7.65. The highest BCUT2D eigenvalue weighted by Crippen LogP contribution is 2.27. The minimum atomic E-state index is -1.17. The number of ether oxygens (including phenoxy) is 1. The molecule has 0 aliphatic heterocycles. The van der Waals surface area contributed by atoms with Crippen molar-refractivity contribution < 1.29 is 14.6 Å². The Balaban J connectivity index is 2.82. The lowest BCUT2D eigenvalue weighted by molar-refractivity contribution is -0.154. The molecular weight excluding hydrogens is 266 g/mol. The summed E-state index contributed by atoms with van der Waals surface area (Å²) >= 11 is 0. The highest BCUT2D eigenvalue weighted by atomic mass is 16.5. The molecule has 1 unspecified atom stereocenters. The lowest BCUT2D eigenvalue weighted by atomic mass is 10.00. The van der Waals surface area contributed by atoms with E-state index in [2.05, 4.69) is 12.2 Å². The predicted octanol–water partition coefficient (Wildman–Crippen LogP) is 3.52. The van der Waals surface area contributed by atoms with Crippen molar-refractivity contribution in [2.45, 2.75) is 59.1 Å². The molecule has 21 heavy (non-hydrogen) atoms. The Kier molecular flexibility index (Phi) is 6.69. The van der Waals surface area contributed by atoms with E-state index in [1.807, 2.05) is 32.0 Å². The molecule has 118 valence electrons. The van der Waals surface area contributed by atoms with Crippen molar-refractivity contribution in [1.29, 1.82) is 0 Å². The van der Waals surface area contributed by atoms with E-state index in [0.717, 1.165) is 31.5 Å². The van der Waals surface area contributed by atoms with Gasteiger partial charge in [0, 0.05) is 6.54 Å². The summed E-state index contributed by atoms with van der Waals surface area (Å²) in [5.74, 6) is -0.273. The van der Waals surface area contributed by atoms with E-state index in [-0.39, 0.29) is 0 Å². The Hall–Kier alpha value is -1.55. The van der Waals surface area contributed by atoms with Gasteiger partial charge in [0.2, 0.25) is 5.60 Å². The van der Waals surface area contributed by atoms with E-state index in [4.69, 9.17) is 4.74 Å². The largest absolute Gasteiger partial charge is 0.478 e. The van der Waals surface area contributed by atoms with Crippen LogP contribution in [0.15, 0.2) is 18.2 Å². The van der Waals surface area contributed by atoms with E-state index in [1.165, 1.54) is 5.56 Å². The van der Waals surface area contributed by atoms with Crippen molar-refractivity contribution in [1.82, 2.24) is 5.32 Å². The number of carboxylic acid groups (broad SMARTS) is 1. The van der Waals surface area contributed by atoms with Crippen LogP contribution in [0.2, 0.25) is 0 Å². The molecule has 0 fully saturated rings. The van der Waals surface area contributed by atoms with Gasteiger partial charge in [-0.05, 0) is 50.4 Å². The van der Waals surface area contributed by atoms with E-state index in [9.17, 15) is 9.90 Å². The maximum absolute atomic E-state index is 11.4. The average Bonchev–Trinajstić information content (AvgIpc) is 2.42. The number of aryl methyl sites for hydroxylation is 1. The van der Waals surface area contributed by atoms with Crippen molar-refractivity contribution >= 4 is 5.97 Å². The van der Waals surface area contributed by atoms with Gasteiger partial charge in [-0.15, -0.1) is 0 Å².